The van der Waals surface area contributed by atoms with Crippen molar-refractivity contribution >= 4 is 5.78 Å². The summed E-state index contributed by atoms with van der Waals surface area (Å²) < 4.78 is 0. The van der Waals surface area contributed by atoms with Crippen LogP contribution in [-0.2, 0) is 4.79 Å². The van der Waals surface area contributed by atoms with Gasteiger partial charge in [0.2, 0.25) is 0 Å². The van der Waals surface area contributed by atoms with Crippen molar-refractivity contribution in [1.29, 1.82) is 0 Å². The topological polar surface area (TPSA) is 20.3 Å². The van der Waals surface area contributed by atoms with E-state index in [0.29, 0.717) is 5.78 Å². The number of Topliss-reactive ketones (excluding diaryl/α,β-unsaturated/α-hetero) is 1. The van der Waals surface area contributed by atoms with Crippen molar-refractivity contribution in [2.75, 3.05) is 19.6 Å². The first-order valence-corrected chi connectivity index (χ1v) is 4.66. The van der Waals surface area contributed by atoms with E-state index >= 15 is 0 Å². The van der Waals surface area contributed by atoms with Crippen molar-refractivity contribution in [2.24, 2.45) is 0 Å². The van der Waals surface area contributed by atoms with Crippen LogP contribution in [0, 0.1) is 0 Å². The van der Waals surface area contributed by atoms with E-state index in [1.165, 1.54) is 6.42 Å². The highest BCUT2D eigenvalue weighted by Gasteiger charge is 2.05. The summed E-state index contributed by atoms with van der Waals surface area (Å²) >= 11 is 0. The molecule has 0 atom stereocenters. The van der Waals surface area contributed by atoms with Gasteiger partial charge >= 0.3 is 0 Å². The quantitative estimate of drug-likeness (QED) is 0.593. The third kappa shape index (κ3) is 3.67. The second kappa shape index (κ2) is 5.09. The van der Waals surface area contributed by atoms with Crippen molar-refractivity contribution in [3.63, 3.8) is 0 Å². The highest BCUT2D eigenvalue weighted by atomic mass is 16.1. The molecule has 0 N–H and O–H groups in total. The zero-order valence-electron chi connectivity index (χ0n) is 7.75. The average molecular weight is 167 g/mol. The van der Waals surface area contributed by atoms with E-state index < -0.39 is 0 Å². The summed E-state index contributed by atoms with van der Waals surface area (Å²) in [5.41, 5.74) is 0. The van der Waals surface area contributed by atoms with Gasteiger partial charge in [-0.2, -0.15) is 0 Å². The molecule has 0 aromatic carbocycles. The van der Waals surface area contributed by atoms with Gasteiger partial charge in [-0.05, 0) is 26.3 Å². The Morgan fingerprint density at radius 3 is 2.92 bits per heavy atom. The van der Waals surface area contributed by atoms with Gasteiger partial charge < -0.3 is 4.79 Å². The predicted molar refractivity (Wildman–Crippen MR) is 50.1 cm³/mol. The summed E-state index contributed by atoms with van der Waals surface area (Å²) in [5, 5.41) is 0. The molecule has 0 amide bonds. The summed E-state index contributed by atoms with van der Waals surface area (Å²) in [5.74, 6) is 0.308. The first kappa shape index (κ1) is 9.46. The van der Waals surface area contributed by atoms with Crippen molar-refractivity contribution in [2.45, 2.75) is 26.2 Å². The summed E-state index contributed by atoms with van der Waals surface area (Å²) in [6.45, 7) is 4.96. The van der Waals surface area contributed by atoms with Crippen LogP contribution in [0.25, 0.3) is 0 Å². The van der Waals surface area contributed by atoms with Crippen LogP contribution in [0.2, 0.25) is 0 Å². The molecule has 0 saturated heterocycles. The number of carbonyl (C=O) groups excluding carboxylic acids is 1. The lowest BCUT2D eigenvalue weighted by atomic mass is 10.2. The molecule has 0 fully saturated rings. The number of rotatable bonds is 4. The zero-order valence-corrected chi connectivity index (χ0v) is 7.75. The SMILES string of the molecule is CC(=O)CCCN1CC=CCC1. The maximum absolute atomic E-state index is 10.7. The predicted octanol–water partition coefficient (Wildman–Crippen LogP) is 1.62. The van der Waals surface area contributed by atoms with Crippen molar-refractivity contribution in [1.82, 2.24) is 4.90 Å². The number of ketones is 1. The largest absolute Gasteiger partial charge is 0.300 e. The second-order valence-electron chi connectivity index (χ2n) is 3.37. The van der Waals surface area contributed by atoms with Crippen molar-refractivity contribution in [3.8, 4) is 0 Å². The van der Waals surface area contributed by atoms with Gasteiger partial charge in [-0.25, -0.2) is 0 Å². The Bertz CT molecular complexity index is 175. The molecule has 12 heavy (non-hydrogen) atoms. The van der Waals surface area contributed by atoms with Crippen LogP contribution < -0.4 is 0 Å². The summed E-state index contributed by atoms with van der Waals surface area (Å²) in [4.78, 5) is 13.0. The molecule has 0 unspecified atom stereocenters. The second-order valence-corrected chi connectivity index (χ2v) is 3.37. The number of nitrogens with zero attached hydrogens (tertiary/aromatic N) is 1. The number of carbonyl (C=O) groups is 1. The van der Waals surface area contributed by atoms with Gasteiger partial charge in [-0.3, -0.25) is 4.90 Å². The number of hydrogen-bond acceptors (Lipinski definition) is 2. The van der Waals surface area contributed by atoms with Crippen LogP contribution in [0.3, 0.4) is 0 Å². The normalized spacial score (nSPS) is 18.1. The Hall–Kier alpha value is -0.630. The van der Waals surface area contributed by atoms with Crippen LogP contribution in [0.15, 0.2) is 12.2 Å². The van der Waals surface area contributed by atoms with Crippen molar-refractivity contribution in [3.05, 3.63) is 12.2 Å². The Labute approximate surface area is 74.2 Å². The lowest BCUT2D eigenvalue weighted by Gasteiger charge is -2.22. The maximum Gasteiger partial charge on any atom is 0.129 e. The van der Waals surface area contributed by atoms with Gasteiger partial charge in [0.25, 0.3) is 0 Å². The number of hydrogen-bond donors (Lipinski definition) is 0. The molecule has 0 aliphatic carbocycles. The fourth-order valence-corrected chi connectivity index (χ4v) is 1.44. The zero-order chi connectivity index (χ0) is 8.81. The third-order valence-electron chi connectivity index (χ3n) is 2.15. The molecule has 2 heteroatoms. The third-order valence-corrected chi connectivity index (χ3v) is 2.15. The molecule has 2 nitrogen and oxygen atoms in total. The van der Waals surface area contributed by atoms with E-state index in [9.17, 15) is 4.79 Å². The van der Waals surface area contributed by atoms with Crippen LogP contribution in [0.4, 0.5) is 0 Å². The molecule has 1 aliphatic heterocycles. The van der Waals surface area contributed by atoms with Crippen LogP contribution >= 0.6 is 0 Å². The minimum atomic E-state index is 0.308. The fourth-order valence-electron chi connectivity index (χ4n) is 1.44. The molecule has 0 bridgehead atoms. The fraction of sp³-hybridized carbons (Fsp3) is 0.700. The smallest absolute Gasteiger partial charge is 0.129 e. The lowest BCUT2D eigenvalue weighted by Crippen LogP contribution is -2.28. The van der Waals surface area contributed by atoms with E-state index in [1.54, 1.807) is 6.92 Å². The summed E-state index contributed by atoms with van der Waals surface area (Å²) in [6.07, 6.45) is 7.35. The first-order chi connectivity index (χ1) is 5.79. The van der Waals surface area contributed by atoms with Gasteiger partial charge in [0, 0.05) is 19.5 Å². The molecule has 0 aromatic heterocycles. The van der Waals surface area contributed by atoms with Gasteiger partial charge in [-0.15, -0.1) is 0 Å². The Morgan fingerprint density at radius 1 is 1.50 bits per heavy atom. The Balaban J connectivity index is 2.06. The molecule has 0 saturated carbocycles. The molecule has 0 aromatic rings. The molecule has 1 rings (SSSR count). The molecular weight excluding hydrogens is 150 g/mol. The highest BCUT2D eigenvalue weighted by molar-refractivity contribution is 5.75. The van der Waals surface area contributed by atoms with E-state index in [4.69, 9.17) is 0 Å². The highest BCUT2D eigenvalue weighted by Crippen LogP contribution is 2.02. The van der Waals surface area contributed by atoms with E-state index in [2.05, 4.69) is 17.1 Å². The van der Waals surface area contributed by atoms with Crippen LogP contribution in [0.1, 0.15) is 26.2 Å². The summed E-state index contributed by atoms with van der Waals surface area (Å²) in [6, 6.07) is 0. The monoisotopic (exact) mass is 167 g/mol. The van der Waals surface area contributed by atoms with Gasteiger partial charge in [0.15, 0.2) is 0 Å². The van der Waals surface area contributed by atoms with E-state index in [0.717, 1.165) is 32.5 Å². The molecular formula is C10H17NO. The molecule has 0 radical (unpaired) electrons. The van der Waals surface area contributed by atoms with Gasteiger partial charge in [0.1, 0.15) is 5.78 Å². The standard InChI is InChI=1S/C10H17NO/c1-10(12)6-5-9-11-7-3-2-4-8-11/h2-3H,4-9H2,1H3. The maximum atomic E-state index is 10.7. The van der Waals surface area contributed by atoms with Crippen molar-refractivity contribution < 1.29 is 4.79 Å². The average Bonchev–Trinajstić information content (AvgIpc) is 2.05. The molecule has 1 heterocycles. The first-order valence-electron chi connectivity index (χ1n) is 4.66. The molecule has 68 valence electrons. The van der Waals surface area contributed by atoms with Gasteiger partial charge in [0.05, 0.1) is 0 Å². The minimum absolute atomic E-state index is 0.308. The minimum Gasteiger partial charge on any atom is -0.300 e. The molecule has 0 spiro atoms. The Morgan fingerprint density at radius 2 is 2.33 bits per heavy atom. The van der Waals surface area contributed by atoms with E-state index in [-0.39, 0.29) is 0 Å². The van der Waals surface area contributed by atoms with Crippen LogP contribution in [-0.4, -0.2) is 30.3 Å². The Kier molecular flexibility index (Phi) is 4.01. The molecule has 1 aliphatic rings. The lowest BCUT2D eigenvalue weighted by molar-refractivity contribution is -0.117. The van der Waals surface area contributed by atoms with Crippen LogP contribution in [0.5, 0.6) is 0 Å². The van der Waals surface area contributed by atoms with E-state index in [1.807, 2.05) is 0 Å². The van der Waals surface area contributed by atoms with Gasteiger partial charge in [-0.1, -0.05) is 12.2 Å². The summed E-state index contributed by atoms with van der Waals surface area (Å²) in [7, 11) is 0.